The first-order valence-corrected chi connectivity index (χ1v) is 5.55. The summed E-state index contributed by atoms with van der Waals surface area (Å²) < 4.78 is 5.63. The van der Waals surface area contributed by atoms with E-state index in [2.05, 4.69) is 13.0 Å². The minimum atomic E-state index is 0.225. The van der Waals surface area contributed by atoms with Crippen LogP contribution in [0.5, 0.6) is 0 Å². The van der Waals surface area contributed by atoms with E-state index in [0.717, 1.165) is 0 Å². The van der Waals surface area contributed by atoms with Crippen molar-refractivity contribution < 1.29 is 4.42 Å². The maximum Gasteiger partial charge on any atom is 0.112 e. The summed E-state index contributed by atoms with van der Waals surface area (Å²) in [6, 6.07) is 2.34. The van der Waals surface area contributed by atoms with Crippen molar-refractivity contribution in [2.75, 3.05) is 0 Å². The molecule has 0 saturated heterocycles. The predicted molar refractivity (Wildman–Crippen MR) is 55.1 cm³/mol. The molecule has 2 nitrogen and oxygen atoms in total. The fourth-order valence-electron chi connectivity index (χ4n) is 3.16. The number of furan rings is 1. The Labute approximate surface area is 84.5 Å². The van der Waals surface area contributed by atoms with Crippen molar-refractivity contribution in [1.82, 2.24) is 0 Å². The smallest absolute Gasteiger partial charge is 0.112 e. The van der Waals surface area contributed by atoms with Crippen molar-refractivity contribution >= 4 is 0 Å². The van der Waals surface area contributed by atoms with Gasteiger partial charge in [-0.1, -0.05) is 0 Å². The highest BCUT2D eigenvalue weighted by molar-refractivity contribution is 5.31. The second kappa shape index (κ2) is 2.63. The van der Waals surface area contributed by atoms with Crippen molar-refractivity contribution in [2.24, 2.45) is 11.1 Å². The lowest BCUT2D eigenvalue weighted by molar-refractivity contribution is 0.267. The zero-order valence-electron chi connectivity index (χ0n) is 8.62. The van der Waals surface area contributed by atoms with E-state index >= 15 is 0 Å². The average Bonchev–Trinajstić information content (AvgIpc) is 2.75. The van der Waals surface area contributed by atoms with E-state index in [-0.39, 0.29) is 6.04 Å². The minimum absolute atomic E-state index is 0.225. The highest BCUT2D eigenvalue weighted by atomic mass is 16.3. The molecule has 2 aliphatic carbocycles. The summed E-state index contributed by atoms with van der Waals surface area (Å²) >= 11 is 0. The molecule has 3 rings (SSSR count). The normalized spacial score (nSPS) is 30.0. The Hall–Kier alpha value is -0.760. The Bertz CT molecular complexity index is 349. The Morgan fingerprint density at radius 1 is 1.50 bits per heavy atom. The van der Waals surface area contributed by atoms with Crippen LogP contribution in [0.3, 0.4) is 0 Å². The third-order valence-electron chi connectivity index (χ3n) is 4.03. The third kappa shape index (κ3) is 1.01. The van der Waals surface area contributed by atoms with Gasteiger partial charge in [0.05, 0.1) is 6.26 Å². The molecule has 0 radical (unpaired) electrons. The van der Waals surface area contributed by atoms with E-state index in [4.69, 9.17) is 10.2 Å². The number of nitrogens with two attached hydrogens (primary N) is 1. The van der Waals surface area contributed by atoms with Gasteiger partial charge in [-0.15, -0.1) is 0 Å². The van der Waals surface area contributed by atoms with Gasteiger partial charge in [-0.2, -0.15) is 0 Å². The van der Waals surface area contributed by atoms with Gasteiger partial charge in [-0.05, 0) is 49.7 Å². The number of aryl methyl sites for hydroxylation is 1. The summed E-state index contributed by atoms with van der Waals surface area (Å²) in [5.74, 6) is 1.66. The maximum absolute atomic E-state index is 6.10. The maximum atomic E-state index is 6.10. The summed E-state index contributed by atoms with van der Waals surface area (Å²) in [4.78, 5) is 0. The fraction of sp³-hybridized carbons (Fsp3) is 0.667. The Balaban J connectivity index is 2.05. The molecule has 1 fully saturated rings. The number of fused-ring (bicyclic) bond motifs is 1. The number of rotatable bonds is 1. The largest absolute Gasteiger partial charge is 0.469 e. The van der Waals surface area contributed by atoms with Crippen LogP contribution in [0.15, 0.2) is 16.7 Å². The zero-order chi connectivity index (χ0) is 9.76. The SMILES string of the molecule is CC(N)C1c2occc2CCC12CC2. The van der Waals surface area contributed by atoms with E-state index in [1.807, 2.05) is 6.26 Å². The van der Waals surface area contributed by atoms with E-state index in [0.29, 0.717) is 11.3 Å². The molecule has 2 atom stereocenters. The topological polar surface area (TPSA) is 39.2 Å². The monoisotopic (exact) mass is 191 g/mol. The predicted octanol–water partition coefficient (Wildman–Crippen LogP) is 2.44. The van der Waals surface area contributed by atoms with Crippen LogP contribution in [-0.2, 0) is 6.42 Å². The lowest BCUT2D eigenvalue weighted by atomic mass is 9.73. The molecule has 2 unspecified atom stereocenters. The van der Waals surface area contributed by atoms with Gasteiger partial charge in [0.2, 0.25) is 0 Å². The quantitative estimate of drug-likeness (QED) is 0.740. The molecule has 1 aromatic heterocycles. The average molecular weight is 191 g/mol. The summed E-state index contributed by atoms with van der Waals surface area (Å²) in [5.41, 5.74) is 8.00. The van der Waals surface area contributed by atoms with Crippen molar-refractivity contribution in [3.8, 4) is 0 Å². The molecule has 2 aliphatic rings. The lowest BCUT2D eigenvalue weighted by Gasteiger charge is -2.33. The van der Waals surface area contributed by atoms with Crippen molar-refractivity contribution in [3.05, 3.63) is 23.7 Å². The molecule has 14 heavy (non-hydrogen) atoms. The van der Waals surface area contributed by atoms with Gasteiger partial charge < -0.3 is 10.2 Å². The Morgan fingerprint density at radius 2 is 2.29 bits per heavy atom. The van der Waals surface area contributed by atoms with Crippen LogP contribution in [0, 0.1) is 5.41 Å². The van der Waals surface area contributed by atoms with Gasteiger partial charge in [0.15, 0.2) is 0 Å². The van der Waals surface area contributed by atoms with Gasteiger partial charge in [0, 0.05) is 12.0 Å². The molecule has 0 aliphatic heterocycles. The van der Waals surface area contributed by atoms with E-state index in [1.54, 1.807) is 0 Å². The van der Waals surface area contributed by atoms with Gasteiger partial charge >= 0.3 is 0 Å². The molecule has 2 heteroatoms. The van der Waals surface area contributed by atoms with Gasteiger partial charge in [-0.25, -0.2) is 0 Å². The number of hydrogen-bond acceptors (Lipinski definition) is 2. The first-order chi connectivity index (χ1) is 6.73. The molecule has 76 valence electrons. The standard InChI is InChI=1S/C12H17NO/c1-8(13)10-11-9(3-7-14-11)2-4-12(10)5-6-12/h3,7-8,10H,2,4-6,13H2,1H3. The van der Waals surface area contributed by atoms with Crippen molar-refractivity contribution in [3.63, 3.8) is 0 Å². The van der Waals surface area contributed by atoms with Crippen LogP contribution in [0.2, 0.25) is 0 Å². The van der Waals surface area contributed by atoms with Crippen LogP contribution in [-0.4, -0.2) is 6.04 Å². The molecule has 0 aromatic carbocycles. The second-order valence-corrected chi connectivity index (χ2v) is 5.01. The second-order valence-electron chi connectivity index (χ2n) is 5.01. The Kier molecular flexibility index (Phi) is 1.61. The first-order valence-electron chi connectivity index (χ1n) is 5.55. The molecule has 2 N–H and O–H groups in total. The summed E-state index contributed by atoms with van der Waals surface area (Å²) in [6.45, 7) is 2.11. The molecule has 0 amide bonds. The Morgan fingerprint density at radius 3 is 2.93 bits per heavy atom. The van der Waals surface area contributed by atoms with Crippen LogP contribution in [0.4, 0.5) is 0 Å². The van der Waals surface area contributed by atoms with Crippen molar-refractivity contribution in [1.29, 1.82) is 0 Å². The van der Waals surface area contributed by atoms with Crippen LogP contribution < -0.4 is 5.73 Å². The molecule has 0 bridgehead atoms. The van der Waals surface area contributed by atoms with Crippen LogP contribution >= 0.6 is 0 Å². The highest BCUT2D eigenvalue weighted by Gasteiger charge is 2.54. The number of hydrogen-bond donors (Lipinski definition) is 1. The van der Waals surface area contributed by atoms with Crippen molar-refractivity contribution in [2.45, 2.75) is 44.6 Å². The van der Waals surface area contributed by atoms with E-state index in [9.17, 15) is 0 Å². The first kappa shape index (κ1) is 8.54. The van der Waals surface area contributed by atoms with E-state index in [1.165, 1.54) is 37.0 Å². The molecular weight excluding hydrogens is 174 g/mol. The van der Waals surface area contributed by atoms with Crippen LogP contribution in [0.1, 0.15) is 43.4 Å². The van der Waals surface area contributed by atoms with Gasteiger partial charge in [0.25, 0.3) is 0 Å². The third-order valence-corrected chi connectivity index (χ3v) is 4.03. The molecule has 1 heterocycles. The summed E-state index contributed by atoms with van der Waals surface area (Å²) in [7, 11) is 0. The fourth-order valence-corrected chi connectivity index (χ4v) is 3.16. The lowest BCUT2D eigenvalue weighted by Crippen LogP contribution is -2.34. The summed E-state index contributed by atoms with van der Waals surface area (Å²) in [6.07, 6.45) is 7.01. The molecule has 1 aromatic rings. The minimum Gasteiger partial charge on any atom is -0.469 e. The summed E-state index contributed by atoms with van der Waals surface area (Å²) in [5, 5.41) is 0. The van der Waals surface area contributed by atoms with Gasteiger partial charge in [-0.3, -0.25) is 0 Å². The van der Waals surface area contributed by atoms with Gasteiger partial charge in [0.1, 0.15) is 5.76 Å². The molecule has 1 saturated carbocycles. The zero-order valence-corrected chi connectivity index (χ0v) is 8.62. The van der Waals surface area contributed by atoms with E-state index < -0.39 is 0 Å². The molecule has 1 spiro atoms. The highest BCUT2D eigenvalue weighted by Crippen LogP contribution is 2.62. The molecular formula is C12H17NO. The van der Waals surface area contributed by atoms with Crippen LogP contribution in [0.25, 0.3) is 0 Å².